The van der Waals surface area contributed by atoms with E-state index in [1.807, 2.05) is 69.2 Å². The van der Waals surface area contributed by atoms with Crippen molar-refractivity contribution in [2.45, 2.75) is 69.2 Å². The highest BCUT2D eigenvalue weighted by Crippen LogP contribution is 1.90. The maximum absolute atomic E-state index is 6.36. The Labute approximate surface area is 189 Å². The maximum atomic E-state index is 6.36. The Morgan fingerprint density at radius 1 is 0.333 bits per heavy atom. The molecule has 0 radical (unpaired) electrons. The molecule has 0 saturated heterocycles. The molecule has 0 aliphatic heterocycles. The monoisotopic (exact) mass is 415 g/mol. The zero-order valence-electron chi connectivity index (χ0n) is 21.2. The minimum absolute atomic E-state index is 0.544. The zero-order valence-corrected chi connectivity index (χ0v) is 21.2. The Balaban J connectivity index is -0.0000000868. The Morgan fingerprint density at radius 3 is 0.433 bits per heavy atom. The summed E-state index contributed by atoms with van der Waals surface area (Å²) in [5.74, 6) is 2.72. The van der Waals surface area contributed by atoms with Gasteiger partial charge in [-0.05, 0) is 0 Å². The van der Waals surface area contributed by atoms with Crippen LogP contribution in [0.3, 0.4) is 0 Å². The normalized spacial score (nSPS) is 8.33. The largest absolute Gasteiger partial charge is 0.317 e. The fraction of sp³-hybridized carbons (Fsp3) is 0.800. The van der Waals surface area contributed by atoms with Gasteiger partial charge in [-0.3, -0.25) is 0 Å². The van der Waals surface area contributed by atoms with Crippen molar-refractivity contribution < 1.29 is 0 Å². The van der Waals surface area contributed by atoms with Crippen molar-refractivity contribution in [3.05, 3.63) is 57.1 Å². The van der Waals surface area contributed by atoms with Crippen LogP contribution in [0, 0.1) is 62.5 Å². The van der Waals surface area contributed by atoms with Gasteiger partial charge in [0.25, 0.3) is 0 Å². The van der Waals surface area contributed by atoms with E-state index >= 15 is 0 Å². The van der Waals surface area contributed by atoms with Crippen LogP contribution in [0.1, 0.15) is 69.2 Å². The molecule has 170 valence electrons. The number of nitrogens with zero attached hydrogens (tertiary/aromatic N) is 5. The van der Waals surface area contributed by atoms with Crippen molar-refractivity contribution in [2.75, 3.05) is 32.7 Å². The minimum atomic E-state index is 0.544. The van der Waals surface area contributed by atoms with Crippen molar-refractivity contribution in [1.82, 2.24) is 0 Å². The first kappa shape index (κ1) is 38.1. The summed E-state index contributed by atoms with van der Waals surface area (Å²) in [6.45, 7) is 55.5. The van der Waals surface area contributed by atoms with E-state index in [0.717, 1.165) is 0 Å². The smallest absolute Gasteiger partial charge is 0.216 e. The summed E-state index contributed by atoms with van der Waals surface area (Å²) < 4.78 is 0. The topological polar surface area (TPSA) is 21.8 Å². The molecule has 0 rings (SSSR count). The fourth-order valence-corrected chi connectivity index (χ4v) is 0.913. The van der Waals surface area contributed by atoms with Crippen LogP contribution in [0.4, 0.5) is 0 Å². The highest BCUT2D eigenvalue weighted by molar-refractivity contribution is 4.62. The molecule has 30 heavy (non-hydrogen) atoms. The fourth-order valence-electron chi connectivity index (χ4n) is 0.913. The van der Waals surface area contributed by atoms with Crippen LogP contribution in [-0.2, 0) is 0 Å². The second kappa shape index (κ2) is 34.0. The summed E-state index contributed by atoms with van der Waals surface area (Å²) in [5.41, 5.74) is 0. The molecule has 0 unspecified atom stereocenters. The molecule has 0 saturated carbocycles. The van der Waals surface area contributed by atoms with E-state index < -0.39 is 0 Å². The molecule has 0 atom stereocenters. The third-order valence-electron chi connectivity index (χ3n) is 2.28. The zero-order chi connectivity index (χ0) is 25.0. The molecule has 0 aromatic rings. The second-order valence-corrected chi connectivity index (χ2v) is 8.67. The average Bonchev–Trinajstić information content (AvgIpc) is 2.56. The molecule has 0 aromatic heterocycles. The van der Waals surface area contributed by atoms with Gasteiger partial charge in [0.1, 0.15) is 0 Å². The first-order chi connectivity index (χ1) is 13.9. The van der Waals surface area contributed by atoms with Crippen molar-refractivity contribution in [1.29, 1.82) is 0 Å². The molecule has 5 nitrogen and oxygen atoms in total. The lowest BCUT2D eigenvalue weighted by Gasteiger charge is -1.85. The van der Waals surface area contributed by atoms with E-state index in [1.165, 1.54) is 0 Å². The van der Waals surface area contributed by atoms with Crippen molar-refractivity contribution in [2.24, 2.45) is 29.6 Å². The van der Waals surface area contributed by atoms with Crippen molar-refractivity contribution in [3.63, 3.8) is 0 Å². The lowest BCUT2D eigenvalue weighted by molar-refractivity contribution is 0.711. The first-order valence-electron chi connectivity index (χ1n) is 10.5. The summed E-state index contributed by atoms with van der Waals surface area (Å²) in [6.07, 6.45) is 0. The van der Waals surface area contributed by atoms with Gasteiger partial charge < -0.3 is 24.2 Å². The van der Waals surface area contributed by atoms with Crippen molar-refractivity contribution >= 4 is 0 Å². The van der Waals surface area contributed by atoms with Gasteiger partial charge in [0.05, 0.1) is 0 Å². The molecule has 0 aliphatic rings. The van der Waals surface area contributed by atoms with Gasteiger partial charge in [-0.2, -0.15) is 0 Å². The predicted octanol–water partition coefficient (Wildman–Crippen LogP) is 7.81. The van der Waals surface area contributed by atoms with E-state index in [2.05, 4.69) is 24.2 Å². The summed E-state index contributed by atoms with van der Waals surface area (Å²) in [5, 5.41) is 0. The maximum Gasteiger partial charge on any atom is 0.216 e. The molecular formula is C25H45N5. The number of hydrogen-bond donors (Lipinski definition) is 0. The molecule has 0 aromatic carbocycles. The minimum Gasteiger partial charge on any atom is -0.317 e. The van der Waals surface area contributed by atoms with Crippen molar-refractivity contribution in [3.8, 4) is 0 Å². The molecule has 5 heteroatoms. The van der Waals surface area contributed by atoms with Gasteiger partial charge in [-0.25, -0.2) is 32.9 Å². The summed E-state index contributed by atoms with van der Waals surface area (Å²) >= 11 is 0. The van der Waals surface area contributed by atoms with Gasteiger partial charge in [-0.1, -0.05) is 69.2 Å². The van der Waals surface area contributed by atoms with Gasteiger partial charge in [0, 0.05) is 29.6 Å². The van der Waals surface area contributed by atoms with Crippen LogP contribution < -0.4 is 0 Å². The predicted molar refractivity (Wildman–Crippen MR) is 132 cm³/mol. The number of rotatable bonds is 5. The lowest BCUT2D eigenvalue weighted by atomic mass is 10.2. The molecule has 0 heterocycles. The van der Waals surface area contributed by atoms with Crippen LogP contribution in [0.25, 0.3) is 24.2 Å². The highest BCUT2D eigenvalue weighted by atomic mass is 14.6. The molecular weight excluding hydrogens is 370 g/mol. The van der Waals surface area contributed by atoms with E-state index in [4.69, 9.17) is 32.9 Å². The quantitative estimate of drug-likeness (QED) is 0.408. The van der Waals surface area contributed by atoms with Crippen LogP contribution in [0.5, 0.6) is 0 Å². The highest BCUT2D eigenvalue weighted by Gasteiger charge is 1.91. The lowest BCUT2D eigenvalue weighted by Crippen LogP contribution is -1.86. The van der Waals surface area contributed by atoms with E-state index in [1.54, 1.807) is 0 Å². The average molecular weight is 416 g/mol. The van der Waals surface area contributed by atoms with Gasteiger partial charge in [-0.15, -0.1) is 0 Å². The SMILES string of the molecule is [C-]#[N+]CC(C)C.[C-]#[N+]CC(C)C.[C-]#[N+]CC(C)C.[C-]#[N+]CC(C)C.[C-]#[N+]CC(C)C. The molecule has 0 bridgehead atoms. The van der Waals surface area contributed by atoms with Gasteiger partial charge >= 0.3 is 0 Å². The Morgan fingerprint density at radius 2 is 0.433 bits per heavy atom. The van der Waals surface area contributed by atoms with Crippen LogP contribution >= 0.6 is 0 Å². The molecule has 0 amide bonds. The number of hydrogen-bond acceptors (Lipinski definition) is 0. The molecule has 0 fully saturated rings. The van der Waals surface area contributed by atoms with E-state index in [0.29, 0.717) is 62.3 Å². The summed E-state index contributed by atoms with van der Waals surface area (Å²) in [6, 6.07) is 0. The Hall–Kier alpha value is -2.55. The van der Waals surface area contributed by atoms with Crippen LogP contribution in [-0.4, -0.2) is 32.7 Å². The third-order valence-corrected chi connectivity index (χ3v) is 2.28. The molecule has 0 aliphatic carbocycles. The molecule has 0 N–H and O–H groups in total. The van der Waals surface area contributed by atoms with Crippen LogP contribution in [0.2, 0.25) is 0 Å². The molecule has 0 spiro atoms. The van der Waals surface area contributed by atoms with E-state index in [9.17, 15) is 0 Å². The van der Waals surface area contributed by atoms with Gasteiger partial charge in [0.2, 0.25) is 32.7 Å². The standard InChI is InChI=1S/5C5H9N/c5*1-5(2)4-6-3/h5*5H,4H2,1-2H3. The van der Waals surface area contributed by atoms with Crippen LogP contribution in [0.15, 0.2) is 0 Å². The third kappa shape index (κ3) is 98.2. The Bertz CT molecular complexity index is 410. The first-order valence-corrected chi connectivity index (χ1v) is 10.5. The van der Waals surface area contributed by atoms with Gasteiger partial charge in [0.15, 0.2) is 0 Å². The Kier molecular flexibility index (Phi) is 43.2. The summed E-state index contributed by atoms with van der Waals surface area (Å²) in [4.78, 5) is 15.9. The second-order valence-electron chi connectivity index (χ2n) is 8.67. The summed E-state index contributed by atoms with van der Waals surface area (Å²) in [7, 11) is 0. The van der Waals surface area contributed by atoms with E-state index in [-0.39, 0.29) is 0 Å².